The molecule has 1 aliphatic heterocycles. The average molecular weight is 231 g/mol. The van der Waals surface area contributed by atoms with E-state index in [-0.39, 0.29) is 5.91 Å². The van der Waals surface area contributed by atoms with E-state index in [2.05, 4.69) is 16.4 Å². The highest BCUT2D eigenvalue weighted by molar-refractivity contribution is 5.97. The number of pyridine rings is 1. The first-order valence-corrected chi connectivity index (χ1v) is 5.47. The largest absolute Gasteiger partial charge is 0.381 e. The highest BCUT2D eigenvalue weighted by Gasteiger charge is 2.40. The maximum absolute atomic E-state index is 12.1. The Labute approximate surface area is 99.4 Å². The first-order chi connectivity index (χ1) is 8.27. The molecule has 0 aromatic carbocycles. The summed E-state index contributed by atoms with van der Waals surface area (Å²) in [7, 11) is 0. The van der Waals surface area contributed by atoms with E-state index in [1.54, 1.807) is 24.5 Å². The minimum Gasteiger partial charge on any atom is -0.381 e. The standard InChI is InChI=1S/C12H13N3O2/c13-9-12(3-6-17-7-4-12)11(16)15-10-2-1-5-14-8-10/h1-2,5,8H,3-4,6-7H2,(H,15,16). The molecule has 0 unspecified atom stereocenters. The summed E-state index contributed by atoms with van der Waals surface area (Å²) >= 11 is 0. The van der Waals surface area contributed by atoms with Crippen LogP contribution in [0, 0.1) is 16.7 Å². The number of nitriles is 1. The molecule has 5 heteroatoms. The summed E-state index contributed by atoms with van der Waals surface area (Å²) in [6, 6.07) is 5.61. The minimum atomic E-state index is -0.964. The fourth-order valence-electron chi connectivity index (χ4n) is 1.80. The van der Waals surface area contributed by atoms with Gasteiger partial charge in [0.05, 0.1) is 18.0 Å². The van der Waals surface area contributed by atoms with E-state index in [0.29, 0.717) is 31.7 Å². The fraction of sp³-hybridized carbons (Fsp3) is 0.417. The average Bonchev–Trinajstić information content (AvgIpc) is 2.40. The zero-order valence-corrected chi connectivity index (χ0v) is 9.35. The second-order valence-corrected chi connectivity index (χ2v) is 4.00. The molecule has 1 saturated heterocycles. The number of carbonyl (C=O) groups excluding carboxylic acids is 1. The number of nitrogens with zero attached hydrogens (tertiary/aromatic N) is 2. The lowest BCUT2D eigenvalue weighted by Crippen LogP contribution is -2.39. The Hall–Kier alpha value is -1.93. The lowest BCUT2D eigenvalue weighted by atomic mass is 9.81. The molecule has 1 aliphatic rings. The van der Waals surface area contributed by atoms with Gasteiger partial charge in [0.1, 0.15) is 5.41 Å². The molecule has 0 atom stereocenters. The number of rotatable bonds is 2. The molecule has 0 bridgehead atoms. The van der Waals surface area contributed by atoms with Crippen LogP contribution in [0.25, 0.3) is 0 Å². The number of carbonyl (C=O) groups is 1. The first kappa shape index (κ1) is 11.6. The van der Waals surface area contributed by atoms with Crippen molar-refractivity contribution in [3.05, 3.63) is 24.5 Å². The SMILES string of the molecule is N#CC1(C(=O)Nc2cccnc2)CCOCC1. The molecule has 5 nitrogen and oxygen atoms in total. The van der Waals surface area contributed by atoms with Gasteiger partial charge in [-0.15, -0.1) is 0 Å². The third-order valence-electron chi connectivity index (χ3n) is 2.91. The molecule has 0 spiro atoms. The summed E-state index contributed by atoms with van der Waals surface area (Å²) in [6.07, 6.45) is 4.07. The van der Waals surface area contributed by atoms with Crippen molar-refractivity contribution in [1.29, 1.82) is 5.26 Å². The summed E-state index contributed by atoms with van der Waals surface area (Å²) in [4.78, 5) is 16.0. The van der Waals surface area contributed by atoms with E-state index in [4.69, 9.17) is 4.74 Å². The lowest BCUT2D eigenvalue weighted by molar-refractivity contribution is -0.126. The Balaban J connectivity index is 2.11. The number of aromatic nitrogens is 1. The molecule has 1 aromatic heterocycles. The predicted octanol–water partition coefficient (Wildman–Crippen LogP) is 1.34. The van der Waals surface area contributed by atoms with Crippen LogP contribution in [0.5, 0.6) is 0 Å². The van der Waals surface area contributed by atoms with Gasteiger partial charge in [0.2, 0.25) is 5.91 Å². The van der Waals surface area contributed by atoms with Crippen LogP contribution in [0.15, 0.2) is 24.5 Å². The van der Waals surface area contributed by atoms with Gasteiger partial charge in [-0.05, 0) is 25.0 Å². The monoisotopic (exact) mass is 231 g/mol. The van der Waals surface area contributed by atoms with Crippen LogP contribution in [0.3, 0.4) is 0 Å². The Morgan fingerprint density at radius 1 is 1.53 bits per heavy atom. The summed E-state index contributed by atoms with van der Waals surface area (Å²) < 4.78 is 5.18. The Kier molecular flexibility index (Phi) is 3.35. The van der Waals surface area contributed by atoms with Crippen molar-refractivity contribution in [3.63, 3.8) is 0 Å². The van der Waals surface area contributed by atoms with Crippen LogP contribution >= 0.6 is 0 Å². The van der Waals surface area contributed by atoms with Crippen molar-refractivity contribution in [1.82, 2.24) is 4.98 Å². The molecule has 1 N–H and O–H groups in total. The second-order valence-electron chi connectivity index (χ2n) is 4.00. The van der Waals surface area contributed by atoms with Crippen molar-refractivity contribution < 1.29 is 9.53 Å². The zero-order valence-electron chi connectivity index (χ0n) is 9.35. The van der Waals surface area contributed by atoms with Gasteiger partial charge in [0.15, 0.2) is 0 Å². The highest BCUT2D eigenvalue weighted by Crippen LogP contribution is 2.31. The molecule has 1 aromatic rings. The van der Waals surface area contributed by atoms with Gasteiger partial charge >= 0.3 is 0 Å². The van der Waals surface area contributed by atoms with Gasteiger partial charge in [-0.2, -0.15) is 5.26 Å². The number of ether oxygens (including phenoxy) is 1. The summed E-state index contributed by atoms with van der Waals surface area (Å²) in [5.41, 5.74) is -0.354. The number of hydrogen-bond acceptors (Lipinski definition) is 4. The normalized spacial score (nSPS) is 18.1. The number of amides is 1. The third kappa shape index (κ3) is 2.43. The minimum absolute atomic E-state index is 0.267. The summed E-state index contributed by atoms with van der Waals surface area (Å²) in [5.74, 6) is -0.267. The zero-order chi connectivity index (χ0) is 12.1. The van der Waals surface area contributed by atoms with Gasteiger partial charge in [-0.3, -0.25) is 9.78 Å². The fourth-order valence-corrected chi connectivity index (χ4v) is 1.80. The lowest BCUT2D eigenvalue weighted by Gasteiger charge is -2.29. The molecule has 2 heterocycles. The van der Waals surface area contributed by atoms with Crippen LogP contribution in [-0.4, -0.2) is 24.1 Å². The first-order valence-electron chi connectivity index (χ1n) is 5.47. The van der Waals surface area contributed by atoms with Gasteiger partial charge in [0.25, 0.3) is 0 Å². The van der Waals surface area contributed by atoms with Gasteiger partial charge < -0.3 is 10.1 Å². The molecule has 0 radical (unpaired) electrons. The Bertz CT molecular complexity index is 433. The van der Waals surface area contributed by atoms with Crippen LogP contribution < -0.4 is 5.32 Å². The van der Waals surface area contributed by atoms with E-state index in [0.717, 1.165) is 0 Å². The maximum Gasteiger partial charge on any atom is 0.245 e. The Morgan fingerprint density at radius 3 is 2.88 bits per heavy atom. The van der Waals surface area contributed by atoms with Crippen LogP contribution in [0.1, 0.15) is 12.8 Å². The Morgan fingerprint density at radius 2 is 2.29 bits per heavy atom. The summed E-state index contributed by atoms with van der Waals surface area (Å²) in [6.45, 7) is 0.905. The van der Waals surface area contributed by atoms with Crippen molar-refractivity contribution >= 4 is 11.6 Å². The van der Waals surface area contributed by atoms with Gasteiger partial charge in [0, 0.05) is 19.4 Å². The number of anilines is 1. The molecule has 0 aliphatic carbocycles. The smallest absolute Gasteiger partial charge is 0.245 e. The maximum atomic E-state index is 12.1. The number of hydrogen-bond donors (Lipinski definition) is 1. The molecule has 0 saturated carbocycles. The van der Waals surface area contributed by atoms with Gasteiger partial charge in [-0.1, -0.05) is 0 Å². The second kappa shape index (κ2) is 4.93. The van der Waals surface area contributed by atoms with Crippen molar-refractivity contribution in [2.24, 2.45) is 5.41 Å². The molecule has 1 amide bonds. The van der Waals surface area contributed by atoms with E-state index in [1.165, 1.54) is 0 Å². The quantitative estimate of drug-likeness (QED) is 0.833. The molecule has 1 fully saturated rings. The molecule has 2 rings (SSSR count). The van der Waals surface area contributed by atoms with Crippen molar-refractivity contribution in [3.8, 4) is 6.07 Å². The van der Waals surface area contributed by atoms with E-state index >= 15 is 0 Å². The van der Waals surface area contributed by atoms with Crippen molar-refractivity contribution in [2.45, 2.75) is 12.8 Å². The van der Waals surface area contributed by atoms with E-state index < -0.39 is 5.41 Å². The van der Waals surface area contributed by atoms with Gasteiger partial charge in [-0.25, -0.2) is 0 Å². The highest BCUT2D eigenvalue weighted by atomic mass is 16.5. The molecular weight excluding hydrogens is 218 g/mol. The van der Waals surface area contributed by atoms with Crippen LogP contribution in [-0.2, 0) is 9.53 Å². The van der Waals surface area contributed by atoms with E-state index in [1.807, 2.05) is 0 Å². The van der Waals surface area contributed by atoms with Crippen LogP contribution in [0.2, 0.25) is 0 Å². The molecule has 17 heavy (non-hydrogen) atoms. The van der Waals surface area contributed by atoms with E-state index in [9.17, 15) is 10.1 Å². The molecular formula is C12H13N3O2. The number of nitrogens with one attached hydrogen (secondary N) is 1. The topological polar surface area (TPSA) is 75.0 Å². The predicted molar refractivity (Wildman–Crippen MR) is 61.0 cm³/mol. The third-order valence-corrected chi connectivity index (χ3v) is 2.91. The van der Waals surface area contributed by atoms with Crippen molar-refractivity contribution in [2.75, 3.05) is 18.5 Å². The van der Waals surface area contributed by atoms with Crippen LogP contribution in [0.4, 0.5) is 5.69 Å². The molecule has 88 valence electrons. The summed E-state index contributed by atoms with van der Waals surface area (Å²) in [5, 5.41) is 11.9.